The summed E-state index contributed by atoms with van der Waals surface area (Å²) >= 11 is 0.981. The van der Waals surface area contributed by atoms with Gasteiger partial charge in [0.05, 0.1) is 18.0 Å². The number of aliphatic hydroxyl groups is 1. The first-order valence-corrected chi connectivity index (χ1v) is 8.29. The minimum absolute atomic E-state index is 0.0207. The quantitative estimate of drug-likeness (QED) is 0.709. The van der Waals surface area contributed by atoms with Crippen molar-refractivity contribution < 1.29 is 13.5 Å². The molecule has 0 aromatic carbocycles. The number of hydrogen-bond donors (Lipinski definition) is 3. The van der Waals surface area contributed by atoms with Gasteiger partial charge in [-0.3, -0.25) is 4.79 Å². The van der Waals surface area contributed by atoms with Crippen molar-refractivity contribution in [1.29, 1.82) is 0 Å². The number of thiazole rings is 1. The summed E-state index contributed by atoms with van der Waals surface area (Å²) in [5.41, 5.74) is 1.05. The zero-order valence-electron chi connectivity index (χ0n) is 10.8. The highest BCUT2D eigenvalue weighted by atomic mass is 32.2. The zero-order valence-corrected chi connectivity index (χ0v) is 12.4. The van der Waals surface area contributed by atoms with Crippen molar-refractivity contribution in [1.82, 2.24) is 14.3 Å². The Bertz CT molecular complexity index is 720. The topological polar surface area (TPSA) is 104 Å². The number of nitrogens with zero attached hydrogens (tertiary/aromatic N) is 1. The fourth-order valence-corrected chi connectivity index (χ4v) is 3.41. The van der Waals surface area contributed by atoms with Crippen LogP contribution in [0.15, 0.2) is 27.3 Å². The maximum Gasteiger partial charge on any atom is 0.304 e. The molecule has 0 aliphatic heterocycles. The van der Waals surface area contributed by atoms with Gasteiger partial charge in [0.25, 0.3) is 0 Å². The van der Waals surface area contributed by atoms with Gasteiger partial charge in [0, 0.05) is 29.5 Å². The Kier molecular flexibility index (Phi) is 4.43. The summed E-state index contributed by atoms with van der Waals surface area (Å²) in [6.45, 7) is 2.23. The summed E-state index contributed by atoms with van der Waals surface area (Å²) in [5.74, 6) is 0. The minimum atomic E-state index is -3.67. The van der Waals surface area contributed by atoms with E-state index in [4.69, 9.17) is 5.11 Å². The molecule has 0 saturated heterocycles. The first-order valence-electron chi connectivity index (χ1n) is 5.92. The number of nitrogens with one attached hydrogen (secondary N) is 2. The predicted molar refractivity (Wildman–Crippen MR) is 75.0 cm³/mol. The summed E-state index contributed by atoms with van der Waals surface area (Å²) < 4.78 is 28.3. The lowest BCUT2D eigenvalue weighted by molar-refractivity contribution is 0.271. The molecule has 110 valence electrons. The normalized spacial score (nSPS) is 11.9. The second-order valence-corrected chi connectivity index (χ2v) is 6.72. The first kappa shape index (κ1) is 15.0. The van der Waals surface area contributed by atoms with Crippen LogP contribution in [0.25, 0.3) is 0 Å². The third-order valence-corrected chi connectivity index (χ3v) is 4.88. The van der Waals surface area contributed by atoms with E-state index in [0.29, 0.717) is 17.9 Å². The van der Waals surface area contributed by atoms with Crippen molar-refractivity contribution in [2.75, 3.05) is 0 Å². The van der Waals surface area contributed by atoms with Crippen molar-refractivity contribution >= 4 is 21.4 Å². The molecule has 0 fully saturated rings. The van der Waals surface area contributed by atoms with E-state index < -0.39 is 10.0 Å². The largest absolute Gasteiger partial charge is 0.390 e. The van der Waals surface area contributed by atoms with Crippen molar-refractivity contribution in [3.63, 3.8) is 0 Å². The van der Waals surface area contributed by atoms with Crippen LogP contribution in [0.3, 0.4) is 0 Å². The van der Waals surface area contributed by atoms with Crippen molar-refractivity contribution in [2.24, 2.45) is 0 Å². The third-order valence-electron chi connectivity index (χ3n) is 2.80. The fraction of sp³-hybridized carbons (Fsp3) is 0.364. The van der Waals surface area contributed by atoms with E-state index in [9.17, 15) is 13.2 Å². The van der Waals surface area contributed by atoms with Crippen LogP contribution in [-0.2, 0) is 29.7 Å². The number of aliphatic hydroxyl groups excluding tert-OH is 1. The standard InChI is InChI=1S/C11H15N3O4S2/c1-2-14-5-10(3-9(14)6-15)20(17,18)12-4-8-7-19-11(16)13-8/h3,5,7,12,15H,2,4,6H2,1H3,(H,13,16). The molecule has 0 saturated carbocycles. The lowest BCUT2D eigenvalue weighted by atomic mass is 10.4. The lowest BCUT2D eigenvalue weighted by Crippen LogP contribution is -2.23. The van der Waals surface area contributed by atoms with Gasteiger partial charge in [-0.1, -0.05) is 11.3 Å². The van der Waals surface area contributed by atoms with E-state index in [1.54, 1.807) is 9.95 Å². The molecule has 0 radical (unpaired) electrons. The van der Waals surface area contributed by atoms with Gasteiger partial charge in [-0.05, 0) is 13.0 Å². The van der Waals surface area contributed by atoms with Gasteiger partial charge >= 0.3 is 4.87 Å². The molecule has 0 amide bonds. The van der Waals surface area contributed by atoms with Gasteiger partial charge in [0.15, 0.2) is 0 Å². The monoisotopic (exact) mass is 317 g/mol. The molecule has 0 aliphatic rings. The summed E-state index contributed by atoms with van der Waals surface area (Å²) in [5, 5.41) is 10.7. The Morgan fingerprint density at radius 1 is 1.50 bits per heavy atom. The molecule has 0 spiro atoms. The Balaban J connectivity index is 2.17. The molecular formula is C11H15N3O4S2. The number of H-pyrrole nitrogens is 1. The summed E-state index contributed by atoms with van der Waals surface area (Å²) in [6.07, 6.45) is 1.48. The highest BCUT2D eigenvalue weighted by Gasteiger charge is 2.17. The fourth-order valence-electron chi connectivity index (χ4n) is 1.76. The van der Waals surface area contributed by atoms with E-state index in [0.717, 1.165) is 11.3 Å². The number of rotatable bonds is 6. The van der Waals surface area contributed by atoms with Crippen LogP contribution in [0.2, 0.25) is 0 Å². The van der Waals surface area contributed by atoms with E-state index in [1.807, 2.05) is 6.92 Å². The molecule has 2 rings (SSSR count). The SMILES string of the molecule is CCn1cc(S(=O)(=O)NCc2csc(=O)[nH]2)cc1CO. The van der Waals surface area contributed by atoms with Crippen LogP contribution < -0.4 is 9.60 Å². The lowest BCUT2D eigenvalue weighted by Gasteiger charge is -2.03. The zero-order chi connectivity index (χ0) is 14.8. The number of sulfonamides is 1. The van der Waals surface area contributed by atoms with Gasteiger partial charge < -0.3 is 14.7 Å². The summed E-state index contributed by atoms with van der Waals surface area (Å²) in [4.78, 5) is 13.4. The smallest absolute Gasteiger partial charge is 0.304 e. The van der Waals surface area contributed by atoms with Crippen LogP contribution in [0.1, 0.15) is 18.3 Å². The van der Waals surface area contributed by atoms with Crippen LogP contribution in [0.5, 0.6) is 0 Å². The molecule has 0 bridgehead atoms. The van der Waals surface area contributed by atoms with Crippen molar-refractivity contribution in [3.05, 3.63) is 38.7 Å². The number of aromatic nitrogens is 2. The molecular weight excluding hydrogens is 302 g/mol. The highest BCUT2D eigenvalue weighted by Crippen LogP contribution is 2.15. The second kappa shape index (κ2) is 5.92. The average Bonchev–Trinajstić information content (AvgIpc) is 3.02. The van der Waals surface area contributed by atoms with E-state index >= 15 is 0 Å². The number of hydrogen-bond acceptors (Lipinski definition) is 5. The molecule has 0 atom stereocenters. The molecule has 0 unspecified atom stereocenters. The van der Waals surface area contributed by atoms with Gasteiger partial charge in [-0.2, -0.15) is 0 Å². The predicted octanol–water partition coefficient (Wildman–Crippen LogP) is 0.229. The maximum atomic E-state index is 12.1. The van der Waals surface area contributed by atoms with Crippen molar-refractivity contribution in [2.45, 2.75) is 31.5 Å². The molecule has 7 nitrogen and oxygen atoms in total. The van der Waals surface area contributed by atoms with Crippen molar-refractivity contribution in [3.8, 4) is 0 Å². The van der Waals surface area contributed by atoms with Crippen LogP contribution >= 0.6 is 11.3 Å². The Morgan fingerprint density at radius 3 is 2.75 bits per heavy atom. The molecule has 2 aromatic heterocycles. The van der Waals surface area contributed by atoms with E-state index in [-0.39, 0.29) is 22.9 Å². The van der Waals surface area contributed by atoms with Crippen LogP contribution in [0.4, 0.5) is 0 Å². The van der Waals surface area contributed by atoms with Gasteiger partial charge in [-0.25, -0.2) is 13.1 Å². The van der Waals surface area contributed by atoms with E-state index in [2.05, 4.69) is 9.71 Å². The highest BCUT2D eigenvalue weighted by molar-refractivity contribution is 7.89. The third kappa shape index (κ3) is 3.18. The molecule has 3 N–H and O–H groups in total. The Labute approximate surface area is 119 Å². The van der Waals surface area contributed by atoms with Gasteiger partial charge in [-0.15, -0.1) is 0 Å². The number of aromatic amines is 1. The molecule has 9 heteroatoms. The molecule has 20 heavy (non-hydrogen) atoms. The van der Waals surface area contributed by atoms with Crippen LogP contribution in [0, 0.1) is 0 Å². The maximum absolute atomic E-state index is 12.1. The van der Waals surface area contributed by atoms with E-state index in [1.165, 1.54) is 12.3 Å². The van der Waals surface area contributed by atoms with Gasteiger partial charge in [0.2, 0.25) is 10.0 Å². The Hall–Kier alpha value is -1.42. The minimum Gasteiger partial charge on any atom is -0.390 e. The molecule has 2 aromatic rings. The summed E-state index contributed by atoms with van der Waals surface area (Å²) in [6, 6.07) is 1.43. The van der Waals surface area contributed by atoms with Crippen LogP contribution in [-0.4, -0.2) is 23.1 Å². The average molecular weight is 317 g/mol. The first-order chi connectivity index (χ1) is 9.46. The molecule has 0 aliphatic carbocycles. The number of aryl methyl sites for hydroxylation is 1. The van der Waals surface area contributed by atoms with Gasteiger partial charge in [0.1, 0.15) is 0 Å². The second-order valence-electron chi connectivity index (χ2n) is 4.11. The molecule has 2 heterocycles. The Morgan fingerprint density at radius 2 is 2.25 bits per heavy atom. The summed E-state index contributed by atoms with van der Waals surface area (Å²) in [7, 11) is -3.67.